The Kier molecular flexibility index (Phi) is 2.73. The second kappa shape index (κ2) is 4.03. The van der Waals surface area contributed by atoms with E-state index in [2.05, 4.69) is 19.3 Å². The third-order valence-electron chi connectivity index (χ3n) is 2.81. The lowest BCUT2D eigenvalue weighted by Gasteiger charge is -2.20. The van der Waals surface area contributed by atoms with Gasteiger partial charge in [0.05, 0.1) is 5.69 Å². The van der Waals surface area contributed by atoms with Crippen LogP contribution in [0.1, 0.15) is 20.3 Å². The van der Waals surface area contributed by atoms with Crippen LogP contribution in [0.15, 0.2) is 35.5 Å². The monoisotopic (exact) mass is 206 g/mol. The number of hydrogen-bond donors (Lipinski definition) is 1. The Balaban J connectivity index is 2.26. The van der Waals surface area contributed by atoms with Gasteiger partial charge in [-0.15, -0.1) is 0 Å². The van der Waals surface area contributed by atoms with Gasteiger partial charge < -0.3 is 0 Å². The van der Waals surface area contributed by atoms with Gasteiger partial charge in [-0.25, -0.2) is 9.82 Å². The molecule has 1 aromatic rings. The summed E-state index contributed by atoms with van der Waals surface area (Å²) < 4.78 is 12.8. The lowest BCUT2D eigenvalue weighted by molar-refractivity contribution is 0.627. The number of hydrogen-bond acceptors (Lipinski definition) is 2. The van der Waals surface area contributed by atoms with E-state index in [0.717, 1.165) is 18.7 Å². The average Bonchev–Trinajstić information content (AvgIpc) is 2.61. The maximum absolute atomic E-state index is 12.8. The van der Waals surface area contributed by atoms with Gasteiger partial charge >= 0.3 is 0 Å². The van der Waals surface area contributed by atoms with E-state index < -0.39 is 0 Å². The molecule has 1 N–H and O–H groups in total. The molecule has 0 unspecified atom stereocenters. The molecule has 1 aromatic carbocycles. The van der Waals surface area contributed by atoms with Crippen LogP contribution >= 0.6 is 0 Å². The molecule has 2 rings (SSSR count). The average molecular weight is 206 g/mol. The summed E-state index contributed by atoms with van der Waals surface area (Å²) in [5.74, 6) is -0.199. The van der Waals surface area contributed by atoms with E-state index in [1.165, 1.54) is 23.4 Å². The molecule has 0 saturated carbocycles. The zero-order valence-electron chi connectivity index (χ0n) is 9.05. The summed E-state index contributed by atoms with van der Waals surface area (Å²) in [5, 5.41) is 2.01. The first-order valence-corrected chi connectivity index (χ1v) is 5.20. The molecule has 0 atom stereocenters. The first-order valence-electron chi connectivity index (χ1n) is 5.20. The first kappa shape index (κ1) is 10.2. The lowest BCUT2D eigenvalue weighted by atomic mass is 10.2. The minimum absolute atomic E-state index is 0.199. The Bertz CT molecular complexity index is 381. The second-order valence-corrected chi connectivity index (χ2v) is 3.69. The highest BCUT2D eigenvalue weighted by molar-refractivity contribution is 5.53. The molecule has 0 aromatic heterocycles. The molecule has 1 aliphatic rings. The number of nitrogens with one attached hydrogen (secondary N) is 1. The van der Waals surface area contributed by atoms with Gasteiger partial charge in [0.1, 0.15) is 5.82 Å². The predicted octanol–water partition coefficient (Wildman–Crippen LogP) is 2.83. The van der Waals surface area contributed by atoms with Crippen LogP contribution in [0.4, 0.5) is 10.1 Å². The van der Waals surface area contributed by atoms with Crippen molar-refractivity contribution in [2.24, 2.45) is 0 Å². The minimum atomic E-state index is -0.199. The Morgan fingerprint density at radius 3 is 2.53 bits per heavy atom. The standard InChI is InChI=1S/C12H15FN2/c1-3-10-8-14-15(9(10)2)12-6-4-11(13)5-7-12/h4-7,14H,3,8H2,1-2H3. The molecule has 3 heteroatoms. The third kappa shape index (κ3) is 1.88. The highest BCUT2D eigenvalue weighted by atomic mass is 19.1. The van der Waals surface area contributed by atoms with Crippen LogP contribution in [-0.4, -0.2) is 6.54 Å². The van der Waals surface area contributed by atoms with Crippen molar-refractivity contribution in [1.29, 1.82) is 0 Å². The summed E-state index contributed by atoms with van der Waals surface area (Å²) in [7, 11) is 0. The highest BCUT2D eigenvalue weighted by Gasteiger charge is 2.18. The summed E-state index contributed by atoms with van der Waals surface area (Å²) in [6.07, 6.45) is 1.05. The molecule has 0 bridgehead atoms. The van der Waals surface area contributed by atoms with E-state index in [4.69, 9.17) is 0 Å². The van der Waals surface area contributed by atoms with Crippen LogP contribution in [0.3, 0.4) is 0 Å². The summed E-state index contributed by atoms with van der Waals surface area (Å²) in [4.78, 5) is 0. The molecule has 0 fully saturated rings. The van der Waals surface area contributed by atoms with Gasteiger partial charge in [-0.3, -0.25) is 5.01 Å². The third-order valence-corrected chi connectivity index (χ3v) is 2.81. The van der Waals surface area contributed by atoms with Gasteiger partial charge in [0.15, 0.2) is 0 Å². The summed E-state index contributed by atoms with van der Waals surface area (Å²) in [6.45, 7) is 5.12. The van der Waals surface area contributed by atoms with Crippen molar-refractivity contribution >= 4 is 5.69 Å². The molecule has 1 aliphatic heterocycles. The molecular weight excluding hydrogens is 191 g/mol. The number of halogens is 1. The van der Waals surface area contributed by atoms with Crippen LogP contribution in [-0.2, 0) is 0 Å². The molecule has 0 aliphatic carbocycles. The normalized spacial score (nSPS) is 16.3. The van der Waals surface area contributed by atoms with Crippen LogP contribution in [0.25, 0.3) is 0 Å². The van der Waals surface area contributed by atoms with Crippen molar-refractivity contribution in [1.82, 2.24) is 5.43 Å². The summed E-state index contributed by atoms with van der Waals surface area (Å²) >= 11 is 0. The first-order chi connectivity index (χ1) is 7.22. The van der Waals surface area contributed by atoms with Crippen molar-refractivity contribution < 1.29 is 4.39 Å². The fraction of sp³-hybridized carbons (Fsp3) is 0.333. The molecule has 1 heterocycles. The molecule has 80 valence electrons. The van der Waals surface area contributed by atoms with Crippen LogP contribution in [0, 0.1) is 5.82 Å². The van der Waals surface area contributed by atoms with Crippen LogP contribution in [0.2, 0.25) is 0 Å². The molecule has 0 spiro atoms. The SMILES string of the molecule is CCC1=C(C)N(c2ccc(F)cc2)NC1. The van der Waals surface area contributed by atoms with Crippen LogP contribution < -0.4 is 10.4 Å². The quantitative estimate of drug-likeness (QED) is 0.800. The van der Waals surface area contributed by atoms with Crippen molar-refractivity contribution in [2.75, 3.05) is 11.6 Å². The van der Waals surface area contributed by atoms with Gasteiger partial charge in [-0.05, 0) is 43.2 Å². The van der Waals surface area contributed by atoms with Crippen molar-refractivity contribution in [3.8, 4) is 0 Å². The molecule has 0 radical (unpaired) electrons. The number of benzene rings is 1. The fourth-order valence-electron chi connectivity index (χ4n) is 1.84. The topological polar surface area (TPSA) is 15.3 Å². The Morgan fingerprint density at radius 1 is 1.33 bits per heavy atom. The molecule has 0 amide bonds. The zero-order chi connectivity index (χ0) is 10.8. The minimum Gasteiger partial charge on any atom is -0.281 e. The van der Waals surface area contributed by atoms with Gasteiger partial charge in [-0.2, -0.15) is 0 Å². The number of nitrogens with zero attached hydrogens (tertiary/aromatic N) is 1. The van der Waals surface area contributed by atoms with E-state index in [1.54, 1.807) is 12.1 Å². The lowest BCUT2D eigenvalue weighted by Crippen LogP contribution is -2.30. The van der Waals surface area contributed by atoms with E-state index in [1.807, 2.05) is 5.01 Å². The summed E-state index contributed by atoms with van der Waals surface area (Å²) in [6, 6.07) is 6.53. The summed E-state index contributed by atoms with van der Waals surface area (Å²) in [5.41, 5.74) is 6.89. The maximum Gasteiger partial charge on any atom is 0.123 e. The molecular formula is C12H15FN2. The number of rotatable bonds is 2. The number of anilines is 1. The van der Waals surface area contributed by atoms with Crippen molar-refractivity contribution in [2.45, 2.75) is 20.3 Å². The Morgan fingerprint density at radius 2 is 2.00 bits per heavy atom. The van der Waals surface area contributed by atoms with Gasteiger partial charge in [0.25, 0.3) is 0 Å². The van der Waals surface area contributed by atoms with Crippen LogP contribution in [0.5, 0.6) is 0 Å². The predicted molar refractivity (Wildman–Crippen MR) is 59.9 cm³/mol. The van der Waals surface area contributed by atoms with Crippen molar-refractivity contribution in [3.63, 3.8) is 0 Å². The van der Waals surface area contributed by atoms with E-state index >= 15 is 0 Å². The zero-order valence-corrected chi connectivity index (χ0v) is 9.05. The maximum atomic E-state index is 12.8. The van der Waals surface area contributed by atoms with Gasteiger partial charge in [0.2, 0.25) is 0 Å². The van der Waals surface area contributed by atoms with E-state index in [9.17, 15) is 4.39 Å². The van der Waals surface area contributed by atoms with E-state index in [0.29, 0.717) is 0 Å². The van der Waals surface area contributed by atoms with Gasteiger partial charge in [0, 0.05) is 12.2 Å². The molecule has 15 heavy (non-hydrogen) atoms. The highest BCUT2D eigenvalue weighted by Crippen LogP contribution is 2.24. The largest absolute Gasteiger partial charge is 0.281 e. The van der Waals surface area contributed by atoms with Crippen molar-refractivity contribution in [3.05, 3.63) is 41.4 Å². The Hall–Kier alpha value is -1.35. The second-order valence-electron chi connectivity index (χ2n) is 3.69. The molecule has 0 saturated heterocycles. The smallest absolute Gasteiger partial charge is 0.123 e. The fourth-order valence-corrected chi connectivity index (χ4v) is 1.84. The number of allylic oxidation sites excluding steroid dienone is 1. The van der Waals surface area contributed by atoms with E-state index in [-0.39, 0.29) is 5.82 Å². The van der Waals surface area contributed by atoms with Gasteiger partial charge in [-0.1, -0.05) is 6.92 Å². The number of hydrazine groups is 1. The Labute approximate surface area is 89.4 Å². The molecule has 2 nitrogen and oxygen atoms in total.